The number of hydrogen-bond donors (Lipinski definition) is 3. The Labute approximate surface area is 108 Å². The van der Waals surface area contributed by atoms with Crippen molar-refractivity contribution in [1.29, 1.82) is 0 Å². The summed E-state index contributed by atoms with van der Waals surface area (Å²) in [6.07, 6.45) is 0. The number of carbonyl (C=O) groups is 2. The van der Waals surface area contributed by atoms with Crippen LogP contribution in [0.1, 0.15) is 0 Å². The molecule has 2 atom stereocenters. The Bertz CT molecular complexity index is 494. The first kappa shape index (κ1) is 13.3. The number of carboxylic acid groups (broad SMARTS) is 1. The molecule has 1 fully saturated rings. The van der Waals surface area contributed by atoms with Gasteiger partial charge in [0.2, 0.25) is 0 Å². The number of urea groups is 1. The molecule has 3 N–H and O–H groups in total. The average molecular weight is 268 g/mol. The van der Waals surface area contributed by atoms with Crippen molar-refractivity contribution < 1.29 is 23.8 Å². The fraction of sp³-hybridized carbons (Fsp3) is 0.333. The molecule has 0 saturated carbocycles. The van der Waals surface area contributed by atoms with Crippen LogP contribution in [0.5, 0.6) is 0 Å². The first-order valence-electron chi connectivity index (χ1n) is 5.70. The summed E-state index contributed by atoms with van der Waals surface area (Å²) in [6.45, 7) is 0.182. The third-order valence-electron chi connectivity index (χ3n) is 2.84. The fourth-order valence-corrected chi connectivity index (χ4v) is 1.83. The van der Waals surface area contributed by atoms with E-state index in [1.807, 2.05) is 0 Å². The molecule has 0 radical (unpaired) electrons. The van der Waals surface area contributed by atoms with E-state index in [0.717, 1.165) is 0 Å². The zero-order chi connectivity index (χ0) is 13.8. The van der Waals surface area contributed by atoms with E-state index in [-0.39, 0.29) is 18.9 Å². The molecule has 1 aliphatic heterocycles. The van der Waals surface area contributed by atoms with E-state index in [9.17, 15) is 14.0 Å². The van der Waals surface area contributed by atoms with Gasteiger partial charge in [0.05, 0.1) is 24.9 Å². The number of anilines is 1. The summed E-state index contributed by atoms with van der Waals surface area (Å²) < 4.78 is 18.3. The van der Waals surface area contributed by atoms with Crippen molar-refractivity contribution in [3.05, 3.63) is 30.1 Å². The average Bonchev–Trinajstić information content (AvgIpc) is 2.80. The highest BCUT2D eigenvalue weighted by Gasteiger charge is 2.35. The topological polar surface area (TPSA) is 87.7 Å². The van der Waals surface area contributed by atoms with Gasteiger partial charge in [-0.15, -0.1) is 0 Å². The van der Waals surface area contributed by atoms with Gasteiger partial charge in [-0.1, -0.05) is 12.1 Å². The number of rotatable bonds is 3. The van der Waals surface area contributed by atoms with Crippen molar-refractivity contribution in [2.24, 2.45) is 5.92 Å². The number of benzene rings is 1. The van der Waals surface area contributed by atoms with Crippen LogP contribution < -0.4 is 10.6 Å². The summed E-state index contributed by atoms with van der Waals surface area (Å²) in [7, 11) is 0. The lowest BCUT2D eigenvalue weighted by Crippen LogP contribution is -2.44. The number of nitrogens with one attached hydrogen (secondary N) is 2. The van der Waals surface area contributed by atoms with Crippen LogP contribution >= 0.6 is 0 Å². The maximum absolute atomic E-state index is 13.3. The van der Waals surface area contributed by atoms with Gasteiger partial charge in [0.25, 0.3) is 0 Å². The monoisotopic (exact) mass is 268 g/mol. The second kappa shape index (κ2) is 5.66. The Morgan fingerprint density at radius 3 is 2.74 bits per heavy atom. The van der Waals surface area contributed by atoms with Crippen molar-refractivity contribution in [1.82, 2.24) is 5.32 Å². The molecule has 2 amide bonds. The van der Waals surface area contributed by atoms with Crippen LogP contribution in [0, 0.1) is 11.7 Å². The Morgan fingerprint density at radius 2 is 2.05 bits per heavy atom. The fourth-order valence-electron chi connectivity index (χ4n) is 1.83. The van der Waals surface area contributed by atoms with E-state index in [0.29, 0.717) is 0 Å². The highest BCUT2D eigenvalue weighted by molar-refractivity contribution is 5.90. The van der Waals surface area contributed by atoms with Gasteiger partial charge >= 0.3 is 12.0 Å². The molecule has 1 aromatic carbocycles. The minimum absolute atomic E-state index is 0.0331. The summed E-state index contributed by atoms with van der Waals surface area (Å²) in [4.78, 5) is 22.5. The standard InChI is InChI=1S/C12H13FN2O4/c13-8-3-1-2-4-9(8)14-12(18)15-10-6-19-5-7(10)11(16)17/h1-4,7,10H,5-6H2,(H,16,17)(H2,14,15,18). The molecule has 1 aromatic rings. The van der Waals surface area contributed by atoms with Crippen LogP contribution in [0.25, 0.3) is 0 Å². The Kier molecular flexibility index (Phi) is 3.96. The quantitative estimate of drug-likeness (QED) is 0.764. The molecule has 6 nitrogen and oxygen atoms in total. The van der Waals surface area contributed by atoms with Gasteiger partial charge in [-0.2, -0.15) is 0 Å². The minimum Gasteiger partial charge on any atom is -0.481 e. The van der Waals surface area contributed by atoms with E-state index in [2.05, 4.69) is 10.6 Å². The number of halogens is 1. The lowest BCUT2D eigenvalue weighted by atomic mass is 10.0. The van der Waals surface area contributed by atoms with Gasteiger partial charge in [-0.3, -0.25) is 4.79 Å². The Morgan fingerprint density at radius 1 is 1.32 bits per heavy atom. The summed E-state index contributed by atoms with van der Waals surface area (Å²) >= 11 is 0. The second-order valence-electron chi connectivity index (χ2n) is 4.17. The van der Waals surface area contributed by atoms with Gasteiger partial charge < -0.3 is 20.5 Å². The third kappa shape index (κ3) is 3.19. The van der Waals surface area contributed by atoms with Gasteiger partial charge in [-0.25, -0.2) is 9.18 Å². The van der Waals surface area contributed by atoms with Crippen molar-refractivity contribution in [2.75, 3.05) is 18.5 Å². The highest BCUT2D eigenvalue weighted by Crippen LogP contribution is 2.15. The molecule has 1 saturated heterocycles. The number of carbonyl (C=O) groups excluding carboxylic acids is 1. The summed E-state index contributed by atoms with van der Waals surface area (Å²) in [5.41, 5.74) is 0.0331. The zero-order valence-electron chi connectivity index (χ0n) is 9.93. The maximum Gasteiger partial charge on any atom is 0.319 e. The molecule has 7 heteroatoms. The number of hydrogen-bond acceptors (Lipinski definition) is 3. The Hall–Kier alpha value is -2.15. The van der Waals surface area contributed by atoms with E-state index in [4.69, 9.17) is 9.84 Å². The van der Waals surface area contributed by atoms with Crippen molar-refractivity contribution in [2.45, 2.75) is 6.04 Å². The van der Waals surface area contributed by atoms with Crippen molar-refractivity contribution >= 4 is 17.7 Å². The van der Waals surface area contributed by atoms with E-state index in [1.54, 1.807) is 6.07 Å². The molecule has 1 aliphatic rings. The second-order valence-corrected chi connectivity index (χ2v) is 4.17. The van der Waals surface area contributed by atoms with E-state index in [1.165, 1.54) is 18.2 Å². The molecule has 0 aliphatic carbocycles. The molecular weight excluding hydrogens is 255 g/mol. The molecule has 102 valence electrons. The van der Waals surface area contributed by atoms with Crippen LogP contribution in [0.3, 0.4) is 0 Å². The first-order chi connectivity index (χ1) is 9.08. The van der Waals surface area contributed by atoms with Crippen LogP contribution in [0.2, 0.25) is 0 Å². The van der Waals surface area contributed by atoms with Crippen molar-refractivity contribution in [3.63, 3.8) is 0 Å². The zero-order valence-corrected chi connectivity index (χ0v) is 9.93. The molecule has 0 aromatic heterocycles. The maximum atomic E-state index is 13.3. The number of para-hydroxylation sites is 1. The number of amides is 2. The molecule has 0 spiro atoms. The first-order valence-corrected chi connectivity index (χ1v) is 5.70. The molecule has 19 heavy (non-hydrogen) atoms. The molecule has 1 heterocycles. The van der Waals surface area contributed by atoms with Gasteiger partial charge in [0, 0.05) is 0 Å². The lowest BCUT2D eigenvalue weighted by Gasteiger charge is -2.16. The predicted molar refractivity (Wildman–Crippen MR) is 64.3 cm³/mol. The lowest BCUT2D eigenvalue weighted by molar-refractivity contribution is -0.142. The molecule has 0 bridgehead atoms. The smallest absolute Gasteiger partial charge is 0.319 e. The van der Waals surface area contributed by atoms with Crippen LogP contribution in [-0.2, 0) is 9.53 Å². The van der Waals surface area contributed by atoms with Gasteiger partial charge in [-0.05, 0) is 12.1 Å². The predicted octanol–water partition coefficient (Wildman–Crippen LogP) is 1.05. The van der Waals surface area contributed by atoms with Crippen LogP contribution in [0.15, 0.2) is 24.3 Å². The third-order valence-corrected chi connectivity index (χ3v) is 2.84. The number of carboxylic acids is 1. The highest BCUT2D eigenvalue weighted by atomic mass is 19.1. The normalized spacial score (nSPS) is 21.9. The molecule has 2 rings (SSSR count). The van der Waals surface area contributed by atoms with Crippen LogP contribution in [0.4, 0.5) is 14.9 Å². The number of aliphatic carboxylic acids is 1. The summed E-state index contributed by atoms with van der Waals surface area (Å²) in [5.74, 6) is -2.38. The minimum atomic E-state index is -1.03. The summed E-state index contributed by atoms with van der Waals surface area (Å²) in [5, 5.41) is 13.7. The van der Waals surface area contributed by atoms with E-state index < -0.39 is 29.8 Å². The summed E-state index contributed by atoms with van der Waals surface area (Å²) in [6, 6.07) is 4.43. The Balaban J connectivity index is 1.95. The number of ether oxygens (including phenoxy) is 1. The largest absolute Gasteiger partial charge is 0.481 e. The SMILES string of the molecule is O=C(Nc1ccccc1F)NC1COCC1C(=O)O. The van der Waals surface area contributed by atoms with E-state index >= 15 is 0 Å². The van der Waals surface area contributed by atoms with Gasteiger partial charge in [0.1, 0.15) is 11.7 Å². The van der Waals surface area contributed by atoms with Crippen LogP contribution in [-0.4, -0.2) is 36.4 Å². The van der Waals surface area contributed by atoms with Gasteiger partial charge in [0.15, 0.2) is 0 Å². The van der Waals surface area contributed by atoms with Crippen molar-refractivity contribution in [3.8, 4) is 0 Å². The molecular formula is C12H13FN2O4. The molecule has 2 unspecified atom stereocenters.